The van der Waals surface area contributed by atoms with E-state index in [-0.39, 0.29) is 0 Å². The molecule has 18 heavy (non-hydrogen) atoms. The van der Waals surface area contributed by atoms with E-state index in [1.807, 2.05) is 0 Å². The van der Waals surface area contributed by atoms with Crippen LogP contribution in [0, 0.1) is 5.92 Å². The molecule has 1 aromatic carbocycles. The summed E-state index contributed by atoms with van der Waals surface area (Å²) in [5, 5.41) is 3.54. The van der Waals surface area contributed by atoms with E-state index in [0.29, 0.717) is 6.04 Å². The predicted molar refractivity (Wildman–Crippen MR) is 79.1 cm³/mol. The van der Waals surface area contributed by atoms with Gasteiger partial charge in [-0.25, -0.2) is 0 Å². The van der Waals surface area contributed by atoms with Gasteiger partial charge in [0.25, 0.3) is 0 Å². The van der Waals surface area contributed by atoms with Crippen molar-refractivity contribution in [1.82, 2.24) is 10.2 Å². The Morgan fingerprint density at radius 3 is 2.94 bits per heavy atom. The van der Waals surface area contributed by atoms with Crippen molar-refractivity contribution in [3.63, 3.8) is 0 Å². The molecule has 2 unspecified atom stereocenters. The average molecular weight is 262 g/mol. The molecule has 3 rings (SSSR count). The van der Waals surface area contributed by atoms with E-state index in [1.165, 1.54) is 36.6 Å². The van der Waals surface area contributed by atoms with E-state index in [0.717, 1.165) is 19.0 Å². The molecule has 1 N–H and O–H groups in total. The summed E-state index contributed by atoms with van der Waals surface area (Å²) in [6.45, 7) is 4.72. The summed E-state index contributed by atoms with van der Waals surface area (Å²) in [6.07, 6.45) is 1.41. The SMILES string of the molecule is c1ccc(C2CNCCN2CC2CCSC2)cc1. The summed E-state index contributed by atoms with van der Waals surface area (Å²) in [7, 11) is 0. The number of rotatable bonds is 3. The number of hydrogen-bond acceptors (Lipinski definition) is 3. The Hall–Kier alpha value is -0.510. The van der Waals surface area contributed by atoms with Gasteiger partial charge in [0.1, 0.15) is 0 Å². The van der Waals surface area contributed by atoms with Crippen LogP contribution in [0.4, 0.5) is 0 Å². The third-order valence-electron chi connectivity index (χ3n) is 4.06. The zero-order valence-corrected chi connectivity index (χ0v) is 11.7. The maximum Gasteiger partial charge on any atom is 0.0473 e. The van der Waals surface area contributed by atoms with Crippen LogP contribution < -0.4 is 5.32 Å². The van der Waals surface area contributed by atoms with E-state index < -0.39 is 0 Å². The Morgan fingerprint density at radius 2 is 2.17 bits per heavy atom. The highest BCUT2D eigenvalue weighted by Gasteiger charge is 2.27. The first kappa shape index (κ1) is 12.5. The second kappa shape index (κ2) is 6.09. The van der Waals surface area contributed by atoms with E-state index in [9.17, 15) is 0 Å². The van der Waals surface area contributed by atoms with E-state index in [4.69, 9.17) is 0 Å². The van der Waals surface area contributed by atoms with Crippen LogP contribution in [-0.4, -0.2) is 42.6 Å². The standard InChI is InChI=1S/C15H22N2S/c1-2-4-14(5-3-1)15-10-16-7-8-17(15)11-13-6-9-18-12-13/h1-5,13,15-16H,6-12H2. The van der Waals surface area contributed by atoms with E-state index in [1.54, 1.807) is 0 Å². The Balaban J connectivity index is 1.69. The van der Waals surface area contributed by atoms with Gasteiger partial charge in [-0.05, 0) is 29.4 Å². The molecule has 2 nitrogen and oxygen atoms in total. The van der Waals surface area contributed by atoms with Gasteiger partial charge in [-0.2, -0.15) is 11.8 Å². The van der Waals surface area contributed by atoms with Crippen molar-refractivity contribution in [3.8, 4) is 0 Å². The first-order valence-electron chi connectivity index (χ1n) is 7.01. The number of piperazine rings is 1. The normalized spacial score (nSPS) is 29.6. The molecule has 2 atom stereocenters. The number of thioether (sulfide) groups is 1. The van der Waals surface area contributed by atoms with Gasteiger partial charge in [0.05, 0.1) is 0 Å². The molecule has 0 radical (unpaired) electrons. The molecule has 0 aliphatic carbocycles. The van der Waals surface area contributed by atoms with Gasteiger partial charge in [0.2, 0.25) is 0 Å². The summed E-state index contributed by atoms with van der Waals surface area (Å²) in [4.78, 5) is 2.70. The van der Waals surface area contributed by atoms with Gasteiger partial charge in [-0.3, -0.25) is 4.90 Å². The average Bonchev–Trinajstić information content (AvgIpc) is 2.93. The second-order valence-electron chi connectivity index (χ2n) is 5.36. The predicted octanol–water partition coefficient (Wildman–Crippen LogP) is 2.39. The first-order valence-corrected chi connectivity index (χ1v) is 8.16. The fourth-order valence-corrected chi connectivity index (χ4v) is 4.30. The Kier molecular flexibility index (Phi) is 4.24. The fourth-order valence-electron chi connectivity index (χ4n) is 3.03. The molecule has 0 bridgehead atoms. The van der Waals surface area contributed by atoms with Crippen LogP contribution in [0.15, 0.2) is 30.3 Å². The summed E-state index contributed by atoms with van der Waals surface area (Å²) in [5.74, 6) is 3.65. The second-order valence-corrected chi connectivity index (χ2v) is 6.50. The summed E-state index contributed by atoms with van der Waals surface area (Å²) >= 11 is 2.13. The molecule has 2 aliphatic heterocycles. The molecule has 3 heteroatoms. The number of nitrogens with one attached hydrogen (secondary N) is 1. The maximum atomic E-state index is 3.54. The van der Waals surface area contributed by atoms with Crippen molar-refractivity contribution >= 4 is 11.8 Å². The number of benzene rings is 1. The van der Waals surface area contributed by atoms with Crippen LogP contribution in [0.1, 0.15) is 18.0 Å². The first-order chi connectivity index (χ1) is 8.93. The number of nitrogens with zero attached hydrogens (tertiary/aromatic N) is 1. The molecule has 0 spiro atoms. The minimum atomic E-state index is 0.575. The van der Waals surface area contributed by atoms with Gasteiger partial charge in [0.15, 0.2) is 0 Å². The molecule has 2 fully saturated rings. The highest BCUT2D eigenvalue weighted by atomic mass is 32.2. The van der Waals surface area contributed by atoms with Crippen molar-refractivity contribution in [1.29, 1.82) is 0 Å². The van der Waals surface area contributed by atoms with Crippen molar-refractivity contribution in [2.45, 2.75) is 12.5 Å². The molecule has 2 heterocycles. The zero-order valence-electron chi connectivity index (χ0n) is 10.8. The van der Waals surface area contributed by atoms with Gasteiger partial charge in [0, 0.05) is 32.2 Å². The molecule has 0 aromatic heterocycles. The van der Waals surface area contributed by atoms with Gasteiger partial charge < -0.3 is 5.32 Å². The minimum absolute atomic E-state index is 0.575. The Morgan fingerprint density at radius 1 is 1.28 bits per heavy atom. The summed E-state index contributed by atoms with van der Waals surface area (Å²) in [5.41, 5.74) is 1.47. The van der Waals surface area contributed by atoms with Crippen molar-refractivity contribution < 1.29 is 0 Å². The van der Waals surface area contributed by atoms with Gasteiger partial charge in [-0.15, -0.1) is 0 Å². The Labute approximate surface area is 114 Å². The lowest BCUT2D eigenvalue weighted by Crippen LogP contribution is -2.47. The van der Waals surface area contributed by atoms with Gasteiger partial charge in [-0.1, -0.05) is 30.3 Å². The summed E-state index contributed by atoms with van der Waals surface area (Å²) in [6, 6.07) is 11.5. The van der Waals surface area contributed by atoms with E-state index in [2.05, 4.69) is 52.3 Å². The molecule has 0 amide bonds. The van der Waals surface area contributed by atoms with Crippen LogP contribution in [-0.2, 0) is 0 Å². The van der Waals surface area contributed by atoms with Gasteiger partial charge >= 0.3 is 0 Å². The molecule has 2 saturated heterocycles. The third kappa shape index (κ3) is 2.90. The smallest absolute Gasteiger partial charge is 0.0473 e. The molecule has 98 valence electrons. The monoisotopic (exact) mass is 262 g/mol. The molecule has 2 aliphatic rings. The lowest BCUT2D eigenvalue weighted by molar-refractivity contribution is 0.142. The molecular weight excluding hydrogens is 240 g/mol. The number of hydrogen-bond donors (Lipinski definition) is 1. The molecule has 1 aromatic rings. The third-order valence-corrected chi connectivity index (χ3v) is 5.29. The zero-order chi connectivity index (χ0) is 12.2. The van der Waals surface area contributed by atoms with Crippen LogP contribution in [0.5, 0.6) is 0 Å². The minimum Gasteiger partial charge on any atom is -0.314 e. The maximum absolute atomic E-state index is 3.54. The largest absolute Gasteiger partial charge is 0.314 e. The van der Waals surface area contributed by atoms with E-state index >= 15 is 0 Å². The van der Waals surface area contributed by atoms with Crippen LogP contribution in [0.25, 0.3) is 0 Å². The summed E-state index contributed by atoms with van der Waals surface area (Å²) < 4.78 is 0. The van der Waals surface area contributed by atoms with Crippen molar-refractivity contribution in [2.75, 3.05) is 37.7 Å². The lowest BCUT2D eigenvalue weighted by atomic mass is 10.0. The quantitative estimate of drug-likeness (QED) is 0.900. The lowest BCUT2D eigenvalue weighted by Gasteiger charge is -2.38. The van der Waals surface area contributed by atoms with Crippen LogP contribution in [0.2, 0.25) is 0 Å². The highest BCUT2D eigenvalue weighted by molar-refractivity contribution is 7.99. The van der Waals surface area contributed by atoms with Crippen molar-refractivity contribution in [3.05, 3.63) is 35.9 Å². The Bertz CT molecular complexity index is 362. The molecule has 0 saturated carbocycles. The topological polar surface area (TPSA) is 15.3 Å². The fraction of sp³-hybridized carbons (Fsp3) is 0.600. The van der Waals surface area contributed by atoms with Crippen molar-refractivity contribution in [2.24, 2.45) is 5.92 Å². The molecular formula is C15H22N2S. The highest BCUT2D eigenvalue weighted by Crippen LogP contribution is 2.28. The van der Waals surface area contributed by atoms with Crippen LogP contribution >= 0.6 is 11.8 Å². The van der Waals surface area contributed by atoms with Crippen LogP contribution in [0.3, 0.4) is 0 Å².